The summed E-state index contributed by atoms with van der Waals surface area (Å²) in [5.74, 6) is 1.24. The Bertz CT molecular complexity index is 1410. The Morgan fingerprint density at radius 3 is 2.57 bits per heavy atom. The average molecular weight is 471 g/mol. The van der Waals surface area contributed by atoms with Gasteiger partial charge in [-0.1, -0.05) is 12.1 Å². The minimum atomic E-state index is -0.126. The largest absolute Gasteiger partial charge is 0.379 e. The fraction of sp³-hybridized carbons (Fsp3) is 0.407. The van der Waals surface area contributed by atoms with Crippen molar-refractivity contribution in [3.63, 3.8) is 0 Å². The highest BCUT2D eigenvalue weighted by Gasteiger charge is 2.35. The van der Waals surface area contributed by atoms with Crippen LogP contribution < -0.4 is 15.8 Å². The Balaban J connectivity index is 1.38. The third-order valence-electron chi connectivity index (χ3n) is 7.99. The van der Waals surface area contributed by atoms with Gasteiger partial charge in [0.05, 0.1) is 35.5 Å². The van der Waals surface area contributed by atoms with E-state index in [2.05, 4.69) is 43.3 Å². The van der Waals surface area contributed by atoms with Crippen molar-refractivity contribution in [1.29, 1.82) is 0 Å². The quantitative estimate of drug-likeness (QED) is 0.424. The lowest BCUT2D eigenvalue weighted by Gasteiger charge is -2.45. The molecule has 1 unspecified atom stereocenters. The molecule has 8 heteroatoms. The van der Waals surface area contributed by atoms with E-state index in [-0.39, 0.29) is 5.56 Å². The van der Waals surface area contributed by atoms with Crippen LogP contribution in [0.4, 0.5) is 11.4 Å². The highest BCUT2D eigenvalue weighted by atomic mass is 16.5. The number of piperidine rings is 3. The van der Waals surface area contributed by atoms with Crippen molar-refractivity contribution < 1.29 is 4.74 Å². The van der Waals surface area contributed by atoms with E-state index in [9.17, 15) is 4.79 Å². The molecule has 4 aromatic rings. The predicted octanol–water partition coefficient (Wildman–Crippen LogP) is 3.41. The summed E-state index contributed by atoms with van der Waals surface area (Å²) in [7, 11) is 0. The number of nitrogens with one attached hydrogen (secondary N) is 3. The second-order valence-corrected chi connectivity index (χ2v) is 10.0. The number of aromatic amines is 2. The highest BCUT2D eigenvalue weighted by Crippen LogP contribution is 2.36. The van der Waals surface area contributed by atoms with E-state index in [0.717, 1.165) is 66.2 Å². The Hall–Kier alpha value is -3.36. The summed E-state index contributed by atoms with van der Waals surface area (Å²) in [6, 6.07) is 14.7. The zero-order chi connectivity index (χ0) is 23.4. The lowest BCUT2D eigenvalue weighted by molar-refractivity contribution is 0.0976. The van der Waals surface area contributed by atoms with Gasteiger partial charge in [-0.25, -0.2) is 4.98 Å². The number of hydrogen-bond acceptors (Lipinski definition) is 6. The van der Waals surface area contributed by atoms with Gasteiger partial charge in [-0.05, 0) is 62.2 Å². The first-order valence-electron chi connectivity index (χ1n) is 12.7. The van der Waals surface area contributed by atoms with Crippen LogP contribution in [0.15, 0.2) is 47.3 Å². The first-order valence-corrected chi connectivity index (χ1v) is 12.7. The van der Waals surface area contributed by atoms with Crippen molar-refractivity contribution in [3.05, 3.63) is 52.8 Å². The van der Waals surface area contributed by atoms with Gasteiger partial charge in [-0.15, -0.1) is 0 Å². The summed E-state index contributed by atoms with van der Waals surface area (Å²) in [5, 5.41) is 4.87. The minimum Gasteiger partial charge on any atom is -0.379 e. The molecule has 0 aliphatic carbocycles. The highest BCUT2D eigenvalue weighted by molar-refractivity contribution is 6.00. The van der Waals surface area contributed by atoms with Gasteiger partial charge < -0.3 is 29.8 Å². The summed E-state index contributed by atoms with van der Waals surface area (Å²) in [5.41, 5.74) is 5.10. The van der Waals surface area contributed by atoms with E-state index in [0.29, 0.717) is 23.3 Å². The maximum Gasteiger partial charge on any atom is 0.261 e. The fourth-order valence-electron chi connectivity index (χ4n) is 6.07. The molecule has 2 aromatic heterocycles. The van der Waals surface area contributed by atoms with E-state index in [1.807, 2.05) is 24.3 Å². The SMILES string of the molecule is O=c1[nH]c2cc(N3CCOCC3)ccc2c(NC2CN3CCC2CC3)c1-c1nc2ccccc2[nH]1. The van der Waals surface area contributed by atoms with Crippen molar-refractivity contribution in [2.75, 3.05) is 56.2 Å². The summed E-state index contributed by atoms with van der Waals surface area (Å²) in [4.78, 5) is 29.8. The number of H-pyrrole nitrogens is 2. The second kappa shape index (κ2) is 8.39. The van der Waals surface area contributed by atoms with Crippen LogP contribution in [0.3, 0.4) is 0 Å². The molecule has 8 rings (SSSR count). The molecule has 35 heavy (non-hydrogen) atoms. The number of para-hydroxylation sites is 2. The second-order valence-electron chi connectivity index (χ2n) is 10.0. The van der Waals surface area contributed by atoms with Gasteiger partial charge in [0.15, 0.2) is 0 Å². The van der Waals surface area contributed by atoms with E-state index in [1.54, 1.807) is 0 Å². The van der Waals surface area contributed by atoms with Crippen LogP contribution in [0, 0.1) is 5.92 Å². The zero-order valence-corrected chi connectivity index (χ0v) is 19.7. The molecule has 1 atom stereocenters. The van der Waals surface area contributed by atoms with E-state index < -0.39 is 0 Å². The first-order chi connectivity index (χ1) is 17.2. The Kier molecular flexibility index (Phi) is 5.03. The van der Waals surface area contributed by atoms with E-state index >= 15 is 0 Å². The normalized spacial score (nSPS) is 24.3. The number of nitrogens with zero attached hydrogens (tertiary/aromatic N) is 3. The van der Waals surface area contributed by atoms with Crippen LogP contribution in [0.25, 0.3) is 33.3 Å². The number of fused-ring (bicyclic) bond motifs is 5. The van der Waals surface area contributed by atoms with Gasteiger partial charge in [0.25, 0.3) is 5.56 Å². The van der Waals surface area contributed by atoms with Crippen LogP contribution in [-0.4, -0.2) is 71.8 Å². The summed E-state index contributed by atoms with van der Waals surface area (Å²) in [6.45, 7) is 6.55. The van der Waals surface area contributed by atoms with Crippen LogP contribution >= 0.6 is 0 Å². The van der Waals surface area contributed by atoms with Crippen molar-refractivity contribution in [3.8, 4) is 11.4 Å². The van der Waals surface area contributed by atoms with Crippen LogP contribution in [0.2, 0.25) is 0 Å². The molecule has 0 spiro atoms. The van der Waals surface area contributed by atoms with Crippen LogP contribution in [0.1, 0.15) is 12.8 Å². The van der Waals surface area contributed by atoms with Gasteiger partial charge >= 0.3 is 0 Å². The number of benzene rings is 2. The van der Waals surface area contributed by atoms with Crippen molar-refractivity contribution >= 4 is 33.3 Å². The third-order valence-corrected chi connectivity index (χ3v) is 7.99. The van der Waals surface area contributed by atoms with E-state index in [4.69, 9.17) is 9.72 Å². The van der Waals surface area contributed by atoms with Gasteiger partial charge in [0.1, 0.15) is 11.4 Å². The maximum atomic E-state index is 13.6. The molecule has 8 nitrogen and oxygen atoms in total. The molecule has 4 aliphatic heterocycles. The lowest BCUT2D eigenvalue weighted by Crippen LogP contribution is -2.53. The molecule has 3 N–H and O–H groups in total. The standard InChI is InChI=1S/C27H30N6O2/c34-27-24(26-29-20-3-1-2-4-21(20)30-26)25(28-23-16-32-9-7-17(23)8-10-32)19-6-5-18(15-22(19)31-27)33-11-13-35-14-12-33/h1-6,15,17,23H,7-14,16H2,(H,29,30)(H2,28,31,34). The molecule has 6 heterocycles. The lowest BCUT2D eigenvalue weighted by atomic mass is 9.83. The summed E-state index contributed by atoms with van der Waals surface area (Å²) in [6.07, 6.45) is 2.42. The number of rotatable bonds is 4. The zero-order valence-electron chi connectivity index (χ0n) is 19.7. The smallest absolute Gasteiger partial charge is 0.261 e. The Labute approximate surface area is 203 Å². The number of imidazole rings is 1. The number of hydrogen-bond donors (Lipinski definition) is 3. The molecule has 2 bridgehead atoms. The third kappa shape index (κ3) is 3.68. The summed E-state index contributed by atoms with van der Waals surface area (Å²) >= 11 is 0. The van der Waals surface area contributed by atoms with Crippen LogP contribution in [-0.2, 0) is 4.74 Å². The number of pyridine rings is 1. The molecular formula is C27H30N6O2. The topological polar surface area (TPSA) is 89.3 Å². The fourth-order valence-corrected chi connectivity index (χ4v) is 6.07. The number of ether oxygens (including phenoxy) is 1. The number of morpholine rings is 1. The molecule has 180 valence electrons. The Morgan fingerprint density at radius 2 is 1.80 bits per heavy atom. The first kappa shape index (κ1) is 21.0. The molecular weight excluding hydrogens is 440 g/mol. The van der Waals surface area contributed by atoms with Gasteiger partial charge in [-0.2, -0.15) is 0 Å². The molecule has 0 saturated carbocycles. The van der Waals surface area contributed by atoms with Crippen LogP contribution in [0.5, 0.6) is 0 Å². The maximum absolute atomic E-state index is 13.6. The molecule has 4 fully saturated rings. The monoisotopic (exact) mass is 470 g/mol. The minimum absolute atomic E-state index is 0.126. The average Bonchev–Trinajstić information content (AvgIpc) is 3.33. The predicted molar refractivity (Wildman–Crippen MR) is 139 cm³/mol. The van der Waals surface area contributed by atoms with Gasteiger partial charge in [-0.3, -0.25) is 4.79 Å². The molecule has 0 radical (unpaired) electrons. The molecule has 4 saturated heterocycles. The molecule has 4 aliphatic rings. The number of anilines is 2. The van der Waals surface area contributed by atoms with Crippen molar-refractivity contribution in [2.45, 2.75) is 18.9 Å². The van der Waals surface area contributed by atoms with Gasteiger partial charge in [0, 0.05) is 36.7 Å². The molecule has 2 aromatic carbocycles. The molecule has 0 amide bonds. The van der Waals surface area contributed by atoms with E-state index in [1.165, 1.54) is 25.9 Å². The summed E-state index contributed by atoms with van der Waals surface area (Å²) < 4.78 is 5.52. The number of aromatic nitrogens is 3. The van der Waals surface area contributed by atoms with Crippen molar-refractivity contribution in [1.82, 2.24) is 19.9 Å². The van der Waals surface area contributed by atoms with Gasteiger partial charge in [0.2, 0.25) is 0 Å². The van der Waals surface area contributed by atoms with Crippen molar-refractivity contribution in [2.24, 2.45) is 5.92 Å². The Morgan fingerprint density at radius 1 is 0.971 bits per heavy atom.